The molecule has 1 aliphatic carbocycles. The molecule has 0 radical (unpaired) electrons. The van der Waals surface area contributed by atoms with Gasteiger partial charge in [-0.3, -0.25) is 0 Å². The van der Waals surface area contributed by atoms with E-state index in [1.807, 2.05) is 0 Å². The third-order valence-electron chi connectivity index (χ3n) is 11.3. The van der Waals surface area contributed by atoms with Crippen LogP contribution < -0.4 is 0 Å². The summed E-state index contributed by atoms with van der Waals surface area (Å²) in [5.74, 6) is 0.431. The van der Waals surface area contributed by atoms with Gasteiger partial charge in [0.15, 0.2) is 0 Å². The average molecular weight is 719 g/mol. The second-order valence-electron chi connectivity index (χ2n) is 16.9. The van der Waals surface area contributed by atoms with Crippen molar-refractivity contribution in [1.29, 1.82) is 0 Å². The van der Waals surface area contributed by atoms with Gasteiger partial charge in [0.1, 0.15) is 0 Å². The summed E-state index contributed by atoms with van der Waals surface area (Å²) in [4.78, 5) is 0. The summed E-state index contributed by atoms with van der Waals surface area (Å²) in [7, 11) is 0. The molecule has 0 amide bonds. The van der Waals surface area contributed by atoms with Crippen molar-refractivity contribution in [2.45, 2.75) is 80.2 Å². The molecule has 1 aliphatic rings. The molecule has 1 unspecified atom stereocenters. The largest absolute Gasteiger partial charge is 0.340 e. The summed E-state index contributed by atoms with van der Waals surface area (Å²) in [6.07, 6.45) is 8.22. The zero-order valence-electron chi connectivity index (χ0n) is 33.7. The molecule has 2 nitrogen and oxygen atoms in total. The maximum atomic E-state index is 2.55. The van der Waals surface area contributed by atoms with Gasteiger partial charge in [-0.2, -0.15) is 0 Å². The molecule has 0 N–H and O–H groups in total. The molecule has 2 heteroatoms. The van der Waals surface area contributed by atoms with Crippen molar-refractivity contribution in [3.8, 4) is 27.9 Å². The first-order chi connectivity index (χ1) is 26.6. The predicted octanol–water partition coefficient (Wildman–Crippen LogP) is 14.9. The van der Waals surface area contributed by atoms with Crippen LogP contribution in [-0.2, 0) is 13.0 Å². The van der Waals surface area contributed by atoms with E-state index >= 15 is 0 Å². The molecule has 1 atom stereocenters. The van der Waals surface area contributed by atoms with E-state index < -0.39 is 0 Å². The zero-order chi connectivity index (χ0) is 38.3. The van der Waals surface area contributed by atoms with E-state index in [4.69, 9.17) is 0 Å². The Morgan fingerprint density at radius 3 is 2.07 bits per heavy atom. The highest BCUT2D eigenvalue weighted by Gasteiger charge is 2.25. The molecule has 55 heavy (non-hydrogen) atoms. The van der Waals surface area contributed by atoms with Crippen LogP contribution in [0.2, 0.25) is 0 Å². The van der Waals surface area contributed by atoms with Crippen molar-refractivity contribution in [3.63, 3.8) is 0 Å². The van der Waals surface area contributed by atoms with E-state index in [0.29, 0.717) is 5.92 Å². The van der Waals surface area contributed by atoms with Crippen LogP contribution in [0, 0.1) is 19.3 Å². The fourth-order valence-electron chi connectivity index (χ4n) is 8.68. The number of allylic oxidation sites excluding steroid dienone is 1. The van der Waals surface area contributed by atoms with E-state index in [2.05, 4.69) is 203 Å². The minimum absolute atomic E-state index is 0.181. The van der Waals surface area contributed by atoms with Gasteiger partial charge in [0.2, 0.25) is 0 Å². The Hall–Kier alpha value is -5.60. The third kappa shape index (κ3) is 7.07. The van der Waals surface area contributed by atoms with E-state index in [1.165, 1.54) is 101 Å². The van der Waals surface area contributed by atoms with Crippen molar-refractivity contribution in [1.82, 2.24) is 9.13 Å². The van der Waals surface area contributed by atoms with Crippen molar-refractivity contribution < 1.29 is 0 Å². The van der Waals surface area contributed by atoms with E-state index in [9.17, 15) is 0 Å². The number of fused-ring (bicyclic) bond motifs is 6. The number of benzene rings is 6. The van der Waals surface area contributed by atoms with E-state index in [0.717, 1.165) is 13.0 Å². The van der Waals surface area contributed by atoms with Gasteiger partial charge in [-0.05, 0) is 114 Å². The first kappa shape index (κ1) is 36.4. The van der Waals surface area contributed by atoms with Crippen molar-refractivity contribution in [2.75, 3.05) is 0 Å². The predicted molar refractivity (Wildman–Crippen MR) is 239 cm³/mol. The number of nitrogens with zero attached hydrogens (tertiary/aromatic N) is 2. The van der Waals surface area contributed by atoms with Crippen molar-refractivity contribution in [3.05, 3.63) is 167 Å². The Kier molecular flexibility index (Phi) is 9.86. The minimum Gasteiger partial charge on any atom is -0.340 e. The molecule has 2 heterocycles. The fraction of sp³-hybridized carbons (Fsp3) is 0.245. The molecule has 0 saturated heterocycles. The zero-order valence-corrected chi connectivity index (χ0v) is 33.7. The average Bonchev–Trinajstić information content (AvgIpc) is 3.68. The monoisotopic (exact) mass is 718 g/mol. The summed E-state index contributed by atoms with van der Waals surface area (Å²) >= 11 is 0. The highest BCUT2D eigenvalue weighted by Crippen LogP contribution is 2.42. The summed E-state index contributed by atoms with van der Waals surface area (Å²) in [5.41, 5.74) is 17.3. The molecule has 0 bridgehead atoms. The summed E-state index contributed by atoms with van der Waals surface area (Å²) in [6, 6.07) is 49.3. The Morgan fingerprint density at radius 2 is 1.29 bits per heavy atom. The number of para-hydroxylation sites is 1. The molecule has 0 aliphatic heterocycles. The molecule has 0 spiro atoms. The molecule has 8 aromatic rings. The number of aryl methyl sites for hydroxylation is 3. The van der Waals surface area contributed by atoms with E-state index in [1.54, 1.807) is 0 Å². The molecule has 0 fully saturated rings. The van der Waals surface area contributed by atoms with Gasteiger partial charge in [-0.1, -0.05) is 144 Å². The van der Waals surface area contributed by atoms with Crippen LogP contribution in [0.5, 0.6) is 0 Å². The topological polar surface area (TPSA) is 9.86 Å². The maximum Gasteiger partial charge on any atom is 0.0538 e. The Bertz CT molecular complexity index is 2670. The molecular formula is C53H54N2. The van der Waals surface area contributed by atoms with Crippen LogP contribution in [-0.4, -0.2) is 9.13 Å². The fourth-order valence-corrected chi connectivity index (χ4v) is 8.68. The highest BCUT2D eigenvalue weighted by atomic mass is 15.0. The molecule has 6 aromatic carbocycles. The quantitative estimate of drug-likeness (QED) is 0.162. The molecule has 9 rings (SSSR count). The Morgan fingerprint density at radius 1 is 0.618 bits per heavy atom. The molecule has 0 saturated carbocycles. The van der Waals surface area contributed by atoms with Gasteiger partial charge in [0.05, 0.1) is 5.52 Å². The number of rotatable bonds is 6. The van der Waals surface area contributed by atoms with Crippen molar-refractivity contribution in [2.24, 2.45) is 5.41 Å². The molecular weight excluding hydrogens is 665 g/mol. The number of hydrogen-bond donors (Lipinski definition) is 0. The summed E-state index contributed by atoms with van der Waals surface area (Å²) < 4.78 is 5.06. The lowest BCUT2D eigenvalue weighted by Crippen LogP contribution is -2.15. The van der Waals surface area contributed by atoms with Crippen LogP contribution in [0.25, 0.3) is 66.7 Å². The highest BCUT2D eigenvalue weighted by molar-refractivity contribution is 6.09. The van der Waals surface area contributed by atoms with Crippen molar-refractivity contribution >= 4 is 38.8 Å². The Labute approximate surface area is 327 Å². The molecule has 276 valence electrons. The summed E-state index contributed by atoms with van der Waals surface area (Å²) in [5, 5.41) is 3.98. The number of aromatic nitrogens is 2. The van der Waals surface area contributed by atoms with E-state index in [-0.39, 0.29) is 5.41 Å². The smallest absolute Gasteiger partial charge is 0.0538 e. The van der Waals surface area contributed by atoms with Gasteiger partial charge >= 0.3 is 0 Å². The minimum atomic E-state index is 0.181. The lowest BCUT2D eigenvalue weighted by atomic mass is 9.91. The Balaban J connectivity index is 0.000000419. The second-order valence-corrected chi connectivity index (χ2v) is 16.9. The van der Waals surface area contributed by atoms with Gasteiger partial charge in [-0.15, -0.1) is 0 Å². The van der Waals surface area contributed by atoms with Crippen LogP contribution >= 0.6 is 0 Å². The standard InChI is InChI=1S/C44H42N2.C9H12/c1-28-12-7-8-14-34(28)37-24-31(19-18-29(37)2)32-20-22-42-38(25-32)36-16-11-13-30(3)43(36)46(42)33-21-23-41-39(26-33)35-15-9-10-17-40(35)45(41)27-44(4,5)6;1-2-6-9-7-4-3-5-8-9/h7-12,14-26,30H,13,27H2,1-6H3;3-5,7-8H,2,6H2,1H3. The second kappa shape index (κ2) is 14.9. The third-order valence-corrected chi connectivity index (χ3v) is 11.3. The lowest BCUT2D eigenvalue weighted by molar-refractivity contribution is 0.354. The SMILES string of the molecule is CCCc1ccccc1.Cc1ccccc1-c1cc(-c2ccc3c(c2)c2c(n3-c3ccc4c(c3)c3ccccc3n4CC(C)(C)C)C(C)CC=C2)ccc1C. The van der Waals surface area contributed by atoms with Gasteiger partial charge < -0.3 is 9.13 Å². The van der Waals surface area contributed by atoms with Crippen LogP contribution in [0.3, 0.4) is 0 Å². The van der Waals surface area contributed by atoms with Crippen LogP contribution in [0.4, 0.5) is 0 Å². The maximum absolute atomic E-state index is 2.55. The van der Waals surface area contributed by atoms with Crippen LogP contribution in [0.1, 0.15) is 81.3 Å². The first-order valence-corrected chi connectivity index (χ1v) is 20.2. The lowest BCUT2D eigenvalue weighted by Gasteiger charge is -2.21. The van der Waals surface area contributed by atoms with Gasteiger partial charge in [0.25, 0.3) is 0 Å². The van der Waals surface area contributed by atoms with Gasteiger partial charge in [0, 0.05) is 56.6 Å². The number of hydrogen-bond acceptors (Lipinski definition) is 0. The molecule has 2 aromatic heterocycles. The van der Waals surface area contributed by atoms with Gasteiger partial charge in [-0.25, -0.2) is 0 Å². The normalized spacial score (nSPS) is 14.0. The summed E-state index contributed by atoms with van der Waals surface area (Å²) in [6.45, 7) is 16.9. The van der Waals surface area contributed by atoms with Crippen LogP contribution in [0.15, 0.2) is 140 Å². The first-order valence-electron chi connectivity index (χ1n) is 20.2.